The summed E-state index contributed by atoms with van der Waals surface area (Å²) >= 11 is 3.48. The van der Waals surface area contributed by atoms with E-state index in [-0.39, 0.29) is 0 Å². The highest BCUT2D eigenvalue weighted by Crippen LogP contribution is 2.36. The van der Waals surface area contributed by atoms with Gasteiger partial charge in [-0.15, -0.1) is 0 Å². The lowest BCUT2D eigenvalue weighted by Gasteiger charge is -2.38. The number of carbonyl (C=O) groups excluding carboxylic acids is 1. The third-order valence-corrected chi connectivity index (χ3v) is 5.85. The molecule has 27 heavy (non-hydrogen) atoms. The lowest BCUT2D eigenvalue weighted by Crippen LogP contribution is -2.40. The average molecular weight is 443 g/mol. The molecule has 1 aromatic carbocycles. The molecule has 7 heteroatoms. The summed E-state index contributed by atoms with van der Waals surface area (Å²) in [6, 6.07) is 3.17. The molecule has 0 aromatic heterocycles. The van der Waals surface area contributed by atoms with Crippen LogP contribution in [0, 0.1) is 17.6 Å². The minimum absolute atomic E-state index is 0.350. The molecule has 0 aliphatic carbocycles. The molecule has 4 nitrogen and oxygen atoms in total. The first-order chi connectivity index (χ1) is 12.8. The number of allylic oxidation sites excluding steroid dienone is 1. The number of hydrogen-bond donors (Lipinski definition) is 0. The Balaban J connectivity index is 2.44. The molecule has 148 valence electrons. The largest absolute Gasteiger partial charge is 0.466 e. The molecule has 0 N–H and O–H groups in total. The number of alkyl halides is 1. The molecule has 1 aliphatic heterocycles. The van der Waals surface area contributed by atoms with Crippen LogP contribution < -0.4 is 0 Å². The molecule has 0 saturated carbocycles. The number of esters is 1. The lowest BCUT2D eigenvalue weighted by atomic mass is 9.93. The van der Waals surface area contributed by atoms with E-state index in [2.05, 4.69) is 27.8 Å². The zero-order valence-electron chi connectivity index (χ0n) is 16.1. The Morgan fingerprint density at radius 3 is 2.63 bits per heavy atom. The van der Waals surface area contributed by atoms with Gasteiger partial charge in [-0.3, -0.25) is 0 Å². The van der Waals surface area contributed by atoms with E-state index in [1.165, 1.54) is 13.2 Å². The van der Waals surface area contributed by atoms with Crippen molar-refractivity contribution in [3.05, 3.63) is 46.7 Å². The zero-order valence-corrected chi connectivity index (χ0v) is 17.6. The van der Waals surface area contributed by atoms with Crippen molar-refractivity contribution in [1.82, 2.24) is 4.90 Å². The smallest absolute Gasteiger partial charge is 0.338 e. The van der Waals surface area contributed by atoms with E-state index in [1.54, 1.807) is 6.92 Å². The second-order valence-corrected chi connectivity index (χ2v) is 7.47. The molecule has 1 aromatic rings. The van der Waals surface area contributed by atoms with Gasteiger partial charge < -0.3 is 9.64 Å². The van der Waals surface area contributed by atoms with Crippen molar-refractivity contribution in [2.75, 3.05) is 19.0 Å². The number of nitrogens with zero attached hydrogens (tertiary/aromatic N) is 2. The number of benzene rings is 1. The number of rotatable bonds is 7. The van der Waals surface area contributed by atoms with Crippen molar-refractivity contribution in [2.24, 2.45) is 10.9 Å². The molecule has 0 bridgehead atoms. The van der Waals surface area contributed by atoms with Gasteiger partial charge in [-0.1, -0.05) is 28.9 Å². The van der Waals surface area contributed by atoms with Gasteiger partial charge in [-0.05, 0) is 50.3 Å². The second kappa shape index (κ2) is 9.44. The van der Waals surface area contributed by atoms with Crippen molar-refractivity contribution < 1.29 is 18.3 Å². The maximum Gasteiger partial charge on any atom is 0.338 e. The minimum Gasteiger partial charge on any atom is -0.466 e. The van der Waals surface area contributed by atoms with Gasteiger partial charge in [0.25, 0.3) is 0 Å². The van der Waals surface area contributed by atoms with Crippen LogP contribution in [0.15, 0.2) is 34.5 Å². The van der Waals surface area contributed by atoms with Crippen LogP contribution in [0.4, 0.5) is 8.78 Å². The van der Waals surface area contributed by atoms with E-state index in [0.29, 0.717) is 29.3 Å². The fourth-order valence-electron chi connectivity index (χ4n) is 3.28. The topological polar surface area (TPSA) is 41.9 Å². The Bertz CT molecular complexity index is 764. The quantitative estimate of drug-likeness (QED) is 0.440. The molecule has 0 fully saturated rings. The van der Waals surface area contributed by atoms with E-state index in [1.807, 2.05) is 11.8 Å². The predicted octanol–water partition coefficient (Wildman–Crippen LogP) is 5.00. The minimum atomic E-state index is -0.942. The van der Waals surface area contributed by atoms with Crippen LogP contribution in [0.1, 0.15) is 45.2 Å². The van der Waals surface area contributed by atoms with Crippen LogP contribution in [-0.4, -0.2) is 35.7 Å². The highest BCUT2D eigenvalue weighted by Gasteiger charge is 2.35. The molecule has 2 atom stereocenters. The van der Waals surface area contributed by atoms with Crippen molar-refractivity contribution in [3.8, 4) is 0 Å². The number of aliphatic imine (C=N–C) groups is 1. The Kier molecular flexibility index (Phi) is 7.53. The van der Waals surface area contributed by atoms with E-state index in [0.717, 1.165) is 36.1 Å². The summed E-state index contributed by atoms with van der Waals surface area (Å²) in [5.41, 5.74) is 1.37. The van der Waals surface area contributed by atoms with E-state index in [9.17, 15) is 13.6 Å². The Hall–Kier alpha value is -1.76. The van der Waals surface area contributed by atoms with Gasteiger partial charge in [0.15, 0.2) is 11.6 Å². The summed E-state index contributed by atoms with van der Waals surface area (Å²) < 4.78 is 32.3. The van der Waals surface area contributed by atoms with Crippen LogP contribution >= 0.6 is 15.9 Å². The first kappa shape index (κ1) is 21.5. The summed E-state index contributed by atoms with van der Waals surface area (Å²) in [7, 11) is 1.30. The summed E-state index contributed by atoms with van der Waals surface area (Å²) in [4.78, 5) is 18.9. The Morgan fingerprint density at radius 1 is 1.33 bits per heavy atom. The molecular formula is C20H25BrF2N2O2. The first-order valence-electron chi connectivity index (χ1n) is 8.92. The van der Waals surface area contributed by atoms with Gasteiger partial charge in [-0.2, -0.15) is 0 Å². The number of ether oxygens (including phenoxy) is 1. The molecule has 1 aliphatic rings. The number of amidine groups is 1. The van der Waals surface area contributed by atoms with Crippen LogP contribution in [-0.2, 0) is 9.53 Å². The number of halogens is 3. The van der Waals surface area contributed by atoms with Crippen LogP contribution in [0.5, 0.6) is 0 Å². The molecule has 2 rings (SSSR count). The molecule has 0 amide bonds. The summed E-state index contributed by atoms with van der Waals surface area (Å²) in [5, 5.41) is 0.916. The van der Waals surface area contributed by atoms with Gasteiger partial charge >= 0.3 is 5.97 Å². The normalized spacial score (nSPS) is 18.4. The van der Waals surface area contributed by atoms with Gasteiger partial charge in [0.05, 0.1) is 24.4 Å². The number of methoxy groups -OCH3 is 1. The fourth-order valence-corrected chi connectivity index (χ4v) is 3.61. The van der Waals surface area contributed by atoms with Crippen molar-refractivity contribution in [2.45, 2.75) is 39.7 Å². The van der Waals surface area contributed by atoms with E-state index < -0.39 is 23.6 Å². The number of carbonyl (C=O) groups is 1. The molecule has 1 heterocycles. The summed E-state index contributed by atoms with van der Waals surface area (Å²) in [5.74, 6) is -1.12. The zero-order chi connectivity index (χ0) is 20.1. The van der Waals surface area contributed by atoms with Crippen molar-refractivity contribution in [3.63, 3.8) is 0 Å². The van der Waals surface area contributed by atoms with E-state index >= 15 is 0 Å². The van der Waals surface area contributed by atoms with Gasteiger partial charge in [0.1, 0.15) is 5.84 Å². The predicted molar refractivity (Wildman–Crippen MR) is 106 cm³/mol. The van der Waals surface area contributed by atoms with E-state index in [4.69, 9.17) is 4.74 Å². The third-order valence-electron chi connectivity index (χ3n) is 4.74. The van der Waals surface area contributed by atoms with Crippen LogP contribution in [0.2, 0.25) is 0 Å². The monoisotopic (exact) mass is 442 g/mol. The maximum atomic E-state index is 13.9. The average Bonchev–Trinajstić information content (AvgIpc) is 2.64. The molecular weight excluding hydrogens is 418 g/mol. The van der Waals surface area contributed by atoms with Gasteiger partial charge in [-0.25, -0.2) is 18.6 Å². The lowest BCUT2D eigenvalue weighted by molar-refractivity contribution is -0.136. The van der Waals surface area contributed by atoms with Crippen LogP contribution in [0.25, 0.3) is 0 Å². The standard InChI is InChI=1S/C20H25BrF2N2O2/c1-12(11-21)6-5-9-25-14(3)24-13(2)18(20(26)27-4)19(25)15-7-8-16(22)17(23)10-15/h7-8,10,12,19H,5-6,9,11H2,1-4H3/t12-,19+/m0/s1. The molecule has 0 unspecified atom stereocenters. The third kappa shape index (κ3) is 4.94. The van der Waals surface area contributed by atoms with Gasteiger partial charge in [0.2, 0.25) is 0 Å². The van der Waals surface area contributed by atoms with Gasteiger partial charge in [0, 0.05) is 11.9 Å². The highest BCUT2D eigenvalue weighted by molar-refractivity contribution is 9.09. The summed E-state index contributed by atoms with van der Waals surface area (Å²) in [6.07, 6.45) is 1.88. The number of hydrogen-bond acceptors (Lipinski definition) is 4. The maximum absolute atomic E-state index is 13.9. The van der Waals surface area contributed by atoms with Crippen molar-refractivity contribution >= 4 is 27.7 Å². The molecule has 0 saturated heterocycles. The Morgan fingerprint density at radius 2 is 2.04 bits per heavy atom. The SMILES string of the molecule is COC(=O)C1=C(C)N=C(C)N(CCC[C@H](C)CBr)[C@@H]1c1ccc(F)c(F)c1. The second-order valence-electron chi connectivity index (χ2n) is 6.82. The first-order valence-corrected chi connectivity index (χ1v) is 10.0. The highest BCUT2D eigenvalue weighted by atomic mass is 79.9. The summed E-state index contributed by atoms with van der Waals surface area (Å²) in [6.45, 7) is 6.39. The van der Waals surface area contributed by atoms with Crippen LogP contribution in [0.3, 0.4) is 0 Å². The fraction of sp³-hybridized carbons (Fsp3) is 0.500. The van der Waals surface area contributed by atoms with Crippen molar-refractivity contribution in [1.29, 1.82) is 0 Å². The Labute approximate surface area is 167 Å². The molecule has 0 radical (unpaired) electrons. The molecule has 0 spiro atoms.